The molecule has 3 rings (SSSR count). The molecular weight excluding hydrogens is 262 g/mol. The van der Waals surface area contributed by atoms with Gasteiger partial charge in [0.2, 0.25) is 5.91 Å². The summed E-state index contributed by atoms with van der Waals surface area (Å²) in [5, 5.41) is 0. The quantitative estimate of drug-likeness (QED) is 0.880. The van der Waals surface area contributed by atoms with Crippen molar-refractivity contribution >= 4 is 17.3 Å². The zero-order chi connectivity index (χ0) is 14.7. The van der Waals surface area contributed by atoms with Crippen LogP contribution in [0.25, 0.3) is 0 Å². The highest BCUT2D eigenvalue weighted by Crippen LogP contribution is 2.28. The van der Waals surface area contributed by atoms with E-state index in [-0.39, 0.29) is 5.91 Å². The van der Waals surface area contributed by atoms with E-state index < -0.39 is 0 Å². The van der Waals surface area contributed by atoms with Gasteiger partial charge < -0.3 is 10.6 Å². The van der Waals surface area contributed by atoms with E-state index in [0.717, 1.165) is 36.3 Å². The second kappa shape index (κ2) is 5.95. The summed E-state index contributed by atoms with van der Waals surface area (Å²) in [6.45, 7) is 0.659. The van der Waals surface area contributed by atoms with Gasteiger partial charge in [-0.3, -0.25) is 9.78 Å². The fraction of sp³-hybridized carbons (Fsp3) is 0.294. The standard InChI is InChI=1S/C17H19N3O/c18-14-7-8-16-13(12-14)4-3-6-17(21)20(16)11-9-15-5-1-2-10-19-15/h1-2,5,7-8,10,12H,3-4,6,9,11,18H2. The van der Waals surface area contributed by atoms with Crippen LogP contribution in [0.4, 0.5) is 11.4 Å². The van der Waals surface area contributed by atoms with E-state index in [0.29, 0.717) is 13.0 Å². The summed E-state index contributed by atoms with van der Waals surface area (Å²) in [6, 6.07) is 11.7. The second-order valence-electron chi connectivity index (χ2n) is 5.36. The summed E-state index contributed by atoms with van der Waals surface area (Å²) in [4.78, 5) is 18.6. The van der Waals surface area contributed by atoms with Crippen LogP contribution in [0.1, 0.15) is 24.1 Å². The van der Waals surface area contributed by atoms with Crippen LogP contribution in [0.5, 0.6) is 0 Å². The van der Waals surface area contributed by atoms with Crippen LogP contribution >= 0.6 is 0 Å². The second-order valence-corrected chi connectivity index (χ2v) is 5.36. The Bertz CT molecular complexity index is 640. The first kappa shape index (κ1) is 13.6. The Balaban J connectivity index is 1.84. The molecule has 1 aliphatic heterocycles. The van der Waals surface area contributed by atoms with Crippen molar-refractivity contribution in [2.75, 3.05) is 17.2 Å². The molecule has 2 aromatic rings. The smallest absolute Gasteiger partial charge is 0.227 e. The average molecular weight is 281 g/mol. The number of amides is 1. The van der Waals surface area contributed by atoms with E-state index in [4.69, 9.17) is 5.73 Å². The van der Waals surface area contributed by atoms with Crippen molar-refractivity contribution in [3.05, 3.63) is 53.9 Å². The number of benzene rings is 1. The first-order valence-corrected chi connectivity index (χ1v) is 7.33. The molecule has 0 aliphatic carbocycles. The van der Waals surface area contributed by atoms with Gasteiger partial charge in [0.05, 0.1) is 0 Å². The lowest BCUT2D eigenvalue weighted by Gasteiger charge is -2.23. The lowest BCUT2D eigenvalue weighted by Crippen LogP contribution is -2.32. The number of rotatable bonds is 3. The highest BCUT2D eigenvalue weighted by atomic mass is 16.2. The average Bonchev–Trinajstić information content (AvgIpc) is 2.64. The lowest BCUT2D eigenvalue weighted by molar-refractivity contribution is -0.118. The molecule has 0 atom stereocenters. The number of aromatic nitrogens is 1. The third kappa shape index (κ3) is 3.05. The van der Waals surface area contributed by atoms with E-state index in [2.05, 4.69) is 4.98 Å². The van der Waals surface area contributed by atoms with Gasteiger partial charge in [0, 0.05) is 42.7 Å². The fourth-order valence-electron chi connectivity index (χ4n) is 2.79. The maximum atomic E-state index is 12.4. The lowest BCUT2D eigenvalue weighted by atomic mass is 10.1. The Morgan fingerprint density at radius 2 is 2.10 bits per heavy atom. The predicted molar refractivity (Wildman–Crippen MR) is 84.1 cm³/mol. The van der Waals surface area contributed by atoms with Crippen molar-refractivity contribution in [3.8, 4) is 0 Å². The molecule has 0 bridgehead atoms. The van der Waals surface area contributed by atoms with Gasteiger partial charge in [-0.25, -0.2) is 0 Å². The number of pyridine rings is 1. The maximum Gasteiger partial charge on any atom is 0.227 e. The number of anilines is 2. The minimum atomic E-state index is 0.189. The number of carbonyl (C=O) groups is 1. The molecule has 1 aromatic carbocycles. The van der Waals surface area contributed by atoms with Gasteiger partial charge in [0.25, 0.3) is 0 Å². The first-order valence-electron chi connectivity index (χ1n) is 7.33. The number of carbonyl (C=O) groups excluding carboxylic acids is 1. The summed E-state index contributed by atoms with van der Waals surface area (Å²) in [7, 11) is 0. The Labute approximate surface area is 124 Å². The third-order valence-corrected chi connectivity index (χ3v) is 3.85. The molecule has 0 radical (unpaired) electrons. The summed E-state index contributed by atoms with van der Waals surface area (Å²) < 4.78 is 0. The normalized spacial score (nSPS) is 14.7. The fourth-order valence-corrected chi connectivity index (χ4v) is 2.79. The summed E-state index contributed by atoms with van der Waals surface area (Å²) in [6.07, 6.45) is 4.93. The minimum Gasteiger partial charge on any atom is -0.399 e. The number of nitrogens with two attached hydrogens (primary N) is 1. The number of nitrogens with zero attached hydrogens (tertiary/aromatic N) is 2. The number of nitrogen functional groups attached to an aromatic ring is 1. The van der Waals surface area contributed by atoms with E-state index in [1.807, 2.05) is 41.3 Å². The highest BCUT2D eigenvalue weighted by molar-refractivity contribution is 5.95. The molecule has 0 saturated heterocycles. The molecule has 108 valence electrons. The van der Waals surface area contributed by atoms with Crippen molar-refractivity contribution in [3.63, 3.8) is 0 Å². The van der Waals surface area contributed by atoms with E-state index in [9.17, 15) is 4.79 Å². The largest absolute Gasteiger partial charge is 0.399 e. The summed E-state index contributed by atoms with van der Waals surface area (Å²) in [5.41, 5.74) is 9.80. The molecule has 0 saturated carbocycles. The summed E-state index contributed by atoms with van der Waals surface area (Å²) in [5.74, 6) is 0.189. The molecular formula is C17H19N3O. The van der Waals surface area contributed by atoms with Crippen molar-refractivity contribution in [2.45, 2.75) is 25.7 Å². The molecule has 4 heteroatoms. The molecule has 2 N–H and O–H groups in total. The monoisotopic (exact) mass is 281 g/mol. The molecule has 1 aromatic heterocycles. The SMILES string of the molecule is Nc1ccc2c(c1)CCCC(=O)N2CCc1ccccn1. The molecule has 1 aliphatic rings. The van der Waals surface area contributed by atoms with Gasteiger partial charge >= 0.3 is 0 Å². The van der Waals surface area contributed by atoms with Gasteiger partial charge in [-0.15, -0.1) is 0 Å². The first-order chi connectivity index (χ1) is 10.2. The van der Waals surface area contributed by atoms with Gasteiger partial charge in [-0.2, -0.15) is 0 Å². The van der Waals surface area contributed by atoms with Crippen molar-refractivity contribution < 1.29 is 4.79 Å². The van der Waals surface area contributed by atoms with Gasteiger partial charge in [0.1, 0.15) is 0 Å². The molecule has 0 unspecified atom stereocenters. The van der Waals surface area contributed by atoms with Crippen LogP contribution < -0.4 is 10.6 Å². The Kier molecular flexibility index (Phi) is 3.86. The van der Waals surface area contributed by atoms with Crippen LogP contribution in [0.3, 0.4) is 0 Å². The Morgan fingerprint density at radius 1 is 1.19 bits per heavy atom. The van der Waals surface area contributed by atoms with Gasteiger partial charge in [0.15, 0.2) is 0 Å². The van der Waals surface area contributed by atoms with Crippen molar-refractivity contribution in [2.24, 2.45) is 0 Å². The van der Waals surface area contributed by atoms with E-state index >= 15 is 0 Å². The Hall–Kier alpha value is -2.36. The van der Waals surface area contributed by atoms with Crippen LogP contribution in [0, 0.1) is 0 Å². The number of hydrogen-bond donors (Lipinski definition) is 1. The molecule has 2 heterocycles. The molecule has 0 spiro atoms. The van der Waals surface area contributed by atoms with Crippen LogP contribution in [-0.2, 0) is 17.6 Å². The van der Waals surface area contributed by atoms with E-state index in [1.54, 1.807) is 6.20 Å². The molecule has 21 heavy (non-hydrogen) atoms. The van der Waals surface area contributed by atoms with Crippen molar-refractivity contribution in [1.29, 1.82) is 0 Å². The minimum absolute atomic E-state index is 0.189. The zero-order valence-electron chi connectivity index (χ0n) is 12.0. The van der Waals surface area contributed by atoms with Gasteiger partial charge in [-0.05, 0) is 48.7 Å². The third-order valence-electron chi connectivity index (χ3n) is 3.85. The number of hydrogen-bond acceptors (Lipinski definition) is 3. The topological polar surface area (TPSA) is 59.2 Å². The van der Waals surface area contributed by atoms with Crippen LogP contribution in [-0.4, -0.2) is 17.4 Å². The van der Waals surface area contributed by atoms with Crippen LogP contribution in [0.15, 0.2) is 42.6 Å². The molecule has 0 fully saturated rings. The van der Waals surface area contributed by atoms with E-state index in [1.165, 1.54) is 5.56 Å². The number of aryl methyl sites for hydroxylation is 1. The summed E-state index contributed by atoms with van der Waals surface area (Å²) >= 11 is 0. The zero-order valence-corrected chi connectivity index (χ0v) is 12.0. The Morgan fingerprint density at radius 3 is 2.90 bits per heavy atom. The van der Waals surface area contributed by atoms with Crippen molar-refractivity contribution in [1.82, 2.24) is 4.98 Å². The maximum absolute atomic E-state index is 12.4. The molecule has 4 nitrogen and oxygen atoms in total. The van der Waals surface area contributed by atoms with Gasteiger partial charge in [-0.1, -0.05) is 6.07 Å². The van der Waals surface area contributed by atoms with Crippen LogP contribution in [0.2, 0.25) is 0 Å². The molecule has 1 amide bonds. The predicted octanol–water partition coefficient (Wildman–Crippen LogP) is 2.58. The highest BCUT2D eigenvalue weighted by Gasteiger charge is 2.22. The number of fused-ring (bicyclic) bond motifs is 1.